The molecule has 7 rings (SSSR count). The molecule has 0 bridgehead atoms. The lowest BCUT2D eigenvalue weighted by Gasteiger charge is -2.18. The maximum absolute atomic E-state index is 11.9. The minimum Gasteiger partial charge on any atom is -0.497 e. The summed E-state index contributed by atoms with van der Waals surface area (Å²) >= 11 is 0. The van der Waals surface area contributed by atoms with Crippen LogP contribution in [0, 0.1) is 0 Å². The number of benzene rings is 7. The summed E-state index contributed by atoms with van der Waals surface area (Å²) in [6, 6.07) is 44.5. The highest BCUT2D eigenvalue weighted by Crippen LogP contribution is 2.35. The Morgan fingerprint density at radius 1 is 0.450 bits per heavy atom. The molecule has 7 nitrogen and oxygen atoms in total. The van der Waals surface area contributed by atoms with E-state index in [2.05, 4.69) is 50.1 Å². The van der Waals surface area contributed by atoms with E-state index in [9.17, 15) is 14.4 Å². The minimum absolute atomic E-state index is 0.278. The smallest absolute Gasteiger partial charge is 0.333 e. The van der Waals surface area contributed by atoms with Crippen LogP contribution in [-0.4, -0.2) is 25.0 Å². The molecule has 3 unspecified atom stereocenters. The van der Waals surface area contributed by atoms with Crippen LogP contribution in [0.15, 0.2) is 170 Å². The molecule has 0 aliphatic carbocycles. The fourth-order valence-electron chi connectivity index (χ4n) is 6.69. The molecular weight excluding hydrogens is 749 g/mol. The van der Waals surface area contributed by atoms with Crippen molar-refractivity contribution in [3.8, 4) is 5.75 Å². The van der Waals surface area contributed by atoms with Crippen molar-refractivity contribution in [3.05, 3.63) is 187 Å². The zero-order valence-corrected chi connectivity index (χ0v) is 35.4. The number of rotatable bonds is 10. The van der Waals surface area contributed by atoms with Crippen molar-refractivity contribution in [2.45, 2.75) is 59.9 Å². The van der Waals surface area contributed by atoms with Crippen molar-refractivity contribution in [1.29, 1.82) is 0 Å². The van der Waals surface area contributed by atoms with Gasteiger partial charge in [-0.25, -0.2) is 14.4 Å². The number of hydrogen-bond acceptors (Lipinski definition) is 7. The van der Waals surface area contributed by atoms with Gasteiger partial charge >= 0.3 is 17.9 Å². The van der Waals surface area contributed by atoms with E-state index in [-0.39, 0.29) is 36.2 Å². The Balaban J connectivity index is 0.000000172. The van der Waals surface area contributed by atoms with Gasteiger partial charge in [-0.1, -0.05) is 129 Å². The maximum atomic E-state index is 11.9. The molecular formula is C53H52O7. The normalized spacial score (nSPS) is 12.1. The zero-order valence-electron chi connectivity index (χ0n) is 35.4. The number of fused-ring (bicyclic) bond motifs is 4. The first kappa shape index (κ1) is 44.1. The summed E-state index contributed by atoms with van der Waals surface area (Å²) in [5, 5.41) is 8.96. The average Bonchev–Trinajstić information content (AvgIpc) is 3.25. The topological polar surface area (TPSA) is 88.1 Å². The molecule has 0 aliphatic rings. The monoisotopic (exact) mass is 800 g/mol. The molecule has 0 saturated heterocycles. The van der Waals surface area contributed by atoms with Crippen molar-refractivity contribution in [2.75, 3.05) is 7.11 Å². The molecule has 0 aromatic heterocycles. The van der Waals surface area contributed by atoms with Crippen molar-refractivity contribution in [2.24, 2.45) is 0 Å². The molecule has 60 heavy (non-hydrogen) atoms. The third-order valence-electron chi connectivity index (χ3n) is 9.92. The molecule has 0 heterocycles. The highest BCUT2D eigenvalue weighted by atomic mass is 16.6. The van der Waals surface area contributed by atoms with Gasteiger partial charge in [0.05, 0.1) is 7.11 Å². The van der Waals surface area contributed by atoms with Crippen molar-refractivity contribution < 1.29 is 33.3 Å². The Kier molecular flexibility index (Phi) is 14.8. The SMILES string of the molecule is C=C(C)C(=O)OC(C)c1c2ccccc2cc2ccccc12.C=C(C)C(=O)OC(C)c1ccc2cc(OC)ccc2c1.C=C(C)C(=O)OC(C)c1cccc2ccccc12. The van der Waals surface area contributed by atoms with Gasteiger partial charge in [0.25, 0.3) is 0 Å². The molecule has 0 N–H and O–H groups in total. The van der Waals surface area contributed by atoms with Crippen LogP contribution >= 0.6 is 0 Å². The number of carbonyl (C=O) groups excluding carboxylic acids is 3. The third kappa shape index (κ3) is 10.9. The summed E-state index contributed by atoms with van der Waals surface area (Å²) in [6.07, 6.45) is -0.911. The van der Waals surface area contributed by atoms with Crippen molar-refractivity contribution >= 4 is 61.0 Å². The first-order chi connectivity index (χ1) is 28.7. The molecule has 0 saturated carbocycles. The standard InChI is InChI=1S/C20H18O2.C17H18O3.C16H16O2/c1-13(2)20(21)22-14(3)19-17-10-6-4-8-15(17)12-16-9-5-7-11-18(16)19;1-11(2)17(18)20-12(3)13-5-6-15-10-16(19-4)8-7-14(15)9-13;1-11(2)16(17)18-12(3)14-10-6-8-13-7-4-5-9-15(13)14/h4-12,14H,1H2,2-3H3;5-10,12H,1H2,2-4H3;4-10,12H,1H2,2-3H3. The third-order valence-corrected chi connectivity index (χ3v) is 9.92. The predicted molar refractivity (Wildman–Crippen MR) is 244 cm³/mol. The summed E-state index contributed by atoms with van der Waals surface area (Å²) in [6.45, 7) is 21.4. The number of ether oxygens (including phenoxy) is 4. The lowest BCUT2D eigenvalue weighted by molar-refractivity contribution is -0.144. The second-order valence-electron chi connectivity index (χ2n) is 14.8. The first-order valence-corrected chi connectivity index (χ1v) is 19.7. The van der Waals surface area contributed by atoms with Gasteiger partial charge in [0.15, 0.2) is 0 Å². The Morgan fingerprint density at radius 2 is 0.900 bits per heavy atom. The van der Waals surface area contributed by atoms with Crippen LogP contribution in [0.25, 0.3) is 43.1 Å². The summed E-state index contributed by atoms with van der Waals surface area (Å²) < 4.78 is 21.5. The molecule has 0 aliphatic heterocycles. The van der Waals surface area contributed by atoms with Crippen molar-refractivity contribution in [3.63, 3.8) is 0 Å². The Morgan fingerprint density at radius 3 is 1.45 bits per heavy atom. The van der Waals surface area contributed by atoms with E-state index in [1.807, 2.05) is 124 Å². The second-order valence-corrected chi connectivity index (χ2v) is 14.8. The molecule has 0 radical (unpaired) electrons. The van der Waals surface area contributed by atoms with Gasteiger partial charge in [0, 0.05) is 22.3 Å². The fraction of sp³-hybridized carbons (Fsp3) is 0.189. The quantitative estimate of drug-likeness (QED) is 0.0589. The Labute approximate surface area is 352 Å². The summed E-state index contributed by atoms with van der Waals surface area (Å²) in [4.78, 5) is 35.0. The van der Waals surface area contributed by atoms with E-state index >= 15 is 0 Å². The van der Waals surface area contributed by atoms with Crippen LogP contribution in [0.5, 0.6) is 5.75 Å². The number of esters is 3. The second kappa shape index (κ2) is 20.1. The van der Waals surface area contributed by atoms with Crippen LogP contribution in [0.1, 0.15) is 76.5 Å². The van der Waals surface area contributed by atoms with E-state index in [0.717, 1.165) is 65.5 Å². The van der Waals surface area contributed by atoms with Gasteiger partial charge in [-0.15, -0.1) is 0 Å². The molecule has 0 amide bonds. The van der Waals surface area contributed by atoms with Crippen LogP contribution in [-0.2, 0) is 28.6 Å². The lowest BCUT2D eigenvalue weighted by atomic mass is 9.94. The molecule has 0 spiro atoms. The molecule has 306 valence electrons. The first-order valence-electron chi connectivity index (χ1n) is 19.7. The molecule has 7 heteroatoms. The predicted octanol–water partition coefficient (Wildman–Crippen LogP) is 13.2. The minimum atomic E-state index is -0.368. The highest BCUT2D eigenvalue weighted by Gasteiger charge is 2.19. The van der Waals surface area contributed by atoms with E-state index in [4.69, 9.17) is 18.9 Å². The average molecular weight is 801 g/mol. The van der Waals surface area contributed by atoms with E-state index in [1.165, 1.54) is 0 Å². The highest BCUT2D eigenvalue weighted by molar-refractivity contribution is 6.03. The van der Waals surface area contributed by atoms with Gasteiger partial charge in [0.1, 0.15) is 24.1 Å². The van der Waals surface area contributed by atoms with E-state index in [1.54, 1.807) is 27.9 Å². The van der Waals surface area contributed by atoms with Gasteiger partial charge in [-0.2, -0.15) is 0 Å². The fourth-order valence-corrected chi connectivity index (χ4v) is 6.69. The van der Waals surface area contributed by atoms with Gasteiger partial charge in [-0.05, 0) is 120 Å². The number of methoxy groups -OCH3 is 1. The number of carbonyl (C=O) groups is 3. The molecule has 7 aromatic carbocycles. The zero-order chi connectivity index (χ0) is 43.5. The largest absolute Gasteiger partial charge is 0.497 e. The van der Waals surface area contributed by atoms with Crippen LogP contribution in [0.3, 0.4) is 0 Å². The van der Waals surface area contributed by atoms with Crippen LogP contribution in [0.4, 0.5) is 0 Å². The van der Waals surface area contributed by atoms with Gasteiger partial charge < -0.3 is 18.9 Å². The Bertz CT molecular complexity index is 2670. The molecule has 0 fully saturated rings. The summed E-state index contributed by atoms with van der Waals surface area (Å²) in [5.41, 5.74) is 4.25. The van der Waals surface area contributed by atoms with Crippen molar-refractivity contribution in [1.82, 2.24) is 0 Å². The molecule has 7 aromatic rings. The number of hydrogen-bond donors (Lipinski definition) is 0. The van der Waals surface area contributed by atoms with E-state index < -0.39 is 0 Å². The summed E-state index contributed by atoms with van der Waals surface area (Å²) in [5.74, 6) is -0.251. The van der Waals surface area contributed by atoms with Gasteiger partial charge in [-0.3, -0.25) is 0 Å². The lowest BCUT2D eigenvalue weighted by Crippen LogP contribution is -2.10. The van der Waals surface area contributed by atoms with Crippen LogP contribution in [0.2, 0.25) is 0 Å². The van der Waals surface area contributed by atoms with Crippen LogP contribution < -0.4 is 4.74 Å². The van der Waals surface area contributed by atoms with Gasteiger partial charge in [0.2, 0.25) is 0 Å². The summed E-state index contributed by atoms with van der Waals surface area (Å²) in [7, 11) is 1.65. The molecule has 3 atom stereocenters. The Hall–Kier alpha value is -6.99. The maximum Gasteiger partial charge on any atom is 0.333 e. The van der Waals surface area contributed by atoms with E-state index in [0.29, 0.717) is 16.7 Å².